The first-order chi connectivity index (χ1) is 9.31. The van der Waals surface area contributed by atoms with Crippen LogP contribution in [0.2, 0.25) is 0 Å². The van der Waals surface area contributed by atoms with Crippen LogP contribution in [-0.2, 0) is 6.42 Å². The van der Waals surface area contributed by atoms with E-state index in [0.29, 0.717) is 0 Å². The van der Waals surface area contributed by atoms with Gasteiger partial charge in [0.25, 0.3) is 0 Å². The molecule has 0 bridgehead atoms. The van der Waals surface area contributed by atoms with Gasteiger partial charge in [-0.25, -0.2) is 0 Å². The minimum atomic E-state index is -0.180. The second-order valence-corrected chi connectivity index (χ2v) is 5.33. The number of para-hydroxylation sites is 1. The van der Waals surface area contributed by atoms with Crippen molar-refractivity contribution in [2.75, 3.05) is 13.7 Å². The maximum absolute atomic E-state index is 10.1. The van der Waals surface area contributed by atoms with E-state index in [-0.39, 0.29) is 12.1 Å². The molecule has 1 aromatic rings. The fourth-order valence-corrected chi connectivity index (χ4v) is 2.83. The maximum atomic E-state index is 10.1. The lowest BCUT2D eigenvalue weighted by molar-refractivity contribution is 0.120. The van der Waals surface area contributed by atoms with Gasteiger partial charge in [0, 0.05) is 6.04 Å². The lowest BCUT2D eigenvalue weighted by Crippen LogP contribution is -2.40. The summed E-state index contributed by atoms with van der Waals surface area (Å²) in [5, 5.41) is 13.6. The molecular weight excluding hydrogens is 238 g/mol. The number of hydrogen-bond acceptors (Lipinski definition) is 3. The molecule has 1 fully saturated rings. The van der Waals surface area contributed by atoms with Gasteiger partial charge in [0.2, 0.25) is 0 Å². The third-order valence-corrected chi connectivity index (χ3v) is 3.97. The lowest BCUT2D eigenvalue weighted by Gasteiger charge is -2.22. The van der Waals surface area contributed by atoms with E-state index in [0.717, 1.165) is 38.0 Å². The van der Waals surface area contributed by atoms with Crippen LogP contribution in [0.5, 0.6) is 5.75 Å². The first-order valence-electron chi connectivity index (χ1n) is 7.34. The summed E-state index contributed by atoms with van der Waals surface area (Å²) < 4.78 is 5.35. The van der Waals surface area contributed by atoms with Crippen molar-refractivity contribution < 1.29 is 9.84 Å². The van der Waals surface area contributed by atoms with Crippen molar-refractivity contribution in [3.63, 3.8) is 0 Å². The minimum Gasteiger partial charge on any atom is -0.496 e. The average Bonchev–Trinajstić information content (AvgIpc) is 2.64. The number of methoxy groups -OCH3 is 1. The molecule has 3 heteroatoms. The monoisotopic (exact) mass is 263 g/mol. The summed E-state index contributed by atoms with van der Waals surface area (Å²) in [6, 6.07) is 8.39. The zero-order chi connectivity index (χ0) is 13.5. The molecule has 0 amide bonds. The van der Waals surface area contributed by atoms with Gasteiger partial charge in [0.15, 0.2) is 0 Å². The Morgan fingerprint density at radius 3 is 2.84 bits per heavy atom. The zero-order valence-electron chi connectivity index (χ0n) is 11.8. The molecule has 2 unspecified atom stereocenters. The third-order valence-electron chi connectivity index (χ3n) is 3.97. The topological polar surface area (TPSA) is 41.5 Å². The first-order valence-corrected chi connectivity index (χ1v) is 7.34. The molecular formula is C16H25NO2. The van der Waals surface area contributed by atoms with E-state index >= 15 is 0 Å². The van der Waals surface area contributed by atoms with E-state index in [4.69, 9.17) is 4.74 Å². The molecule has 0 spiro atoms. The molecule has 2 rings (SSSR count). The van der Waals surface area contributed by atoms with Gasteiger partial charge < -0.3 is 15.2 Å². The molecule has 1 aromatic carbocycles. The van der Waals surface area contributed by atoms with Crippen LogP contribution in [-0.4, -0.2) is 30.9 Å². The number of hydrogen-bond donors (Lipinski definition) is 2. The number of aliphatic hydroxyl groups is 1. The van der Waals surface area contributed by atoms with Crippen molar-refractivity contribution in [3.8, 4) is 5.75 Å². The first kappa shape index (κ1) is 14.4. The maximum Gasteiger partial charge on any atom is 0.122 e. The summed E-state index contributed by atoms with van der Waals surface area (Å²) in [6.45, 7) is 0.891. The SMILES string of the molecule is COc1ccccc1CCNC1CCCCCC1O. The van der Waals surface area contributed by atoms with E-state index in [2.05, 4.69) is 11.4 Å². The highest BCUT2D eigenvalue weighted by atomic mass is 16.5. The number of nitrogens with one attached hydrogen (secondary N) is 1. The van der Waals surface area contributed by atoms with Crippen molar-refractivity contribution >= 4 is 0 Å². The van der Waals surface area contributed by atoms with E-state index < -0.39 is 0 Å². The Labute approximate surface area is 116 Å². The van der Waals surface area contributed by atoms with Crippen LogP contribution in [0.15, 0.2) is 24.3 Å². The van der Waals surface area contributed by atoms with Crippen LogP contribution >= 0.6 is 0 Å². The van der Waals surface area contributed by atoms with Crippen LogP contribution in [0.3, 0.4) is 0 Å². The van der Waals surface area contributed by atoms with Gasteiger partial charge in [-0.2, -0.15) is 0 Å². The molecule has 2 N–H and O–H groups in total. The summed E-state index contributed by atoms with van der Waals surface area (Å²) in [5.41, 5.74) is 1.22. The highest BCUT2D eigenvalue weighted by Crippen LogP contribution is 2.19. The average molecular weight is 263 g/mol. The van der Waals surface area contributed by atoms with Gasteiger partial charge in [-0.15, -0.1) is 0 Å². The van der Waals surface area contributed by atoms with E-state index in [1.807, 2.05) is 18.2 Å². The van der Waals surface area contributed by atoms with Gasteiger partial charge in [-0.1, -0.05) is 37.5 Å². The molecule has 19 heavy (non-hydrogen) atoms. The van der Waals surface area contributed by atoms with Crippen LogP contribution in [0, 0.1) is 0 Å². The lowest BCUT2D eigenvalue weighted by atomic mass is 10.1. The van der Waals surface area contributed by atoms with Gasteiger partial charge in [0.05, 0.1) is 13.2 Å². The number of rotatable bonds is 5. The summed E-state index contributed by atoms with van der Waals surface area (Å²) in [6.07, 6.45) is 6.42. The Hall–Kier alpha value is -1.06. The fraction of sp³-hybridized carbons (Fsp3) is 0.625. The normalized spacial score (nSPS) is 23.9. The van der Waals surface area contributed by atoms with Crippen molar-refractivity contribution in [2.45, 2.75) is 50.7 Å². The predicted molar refractivity (Wildman–Crippen MR) is 77.6 cm³/mol. The van der Waals surface area contributed by atoms with Crippen molar-refractivity contribution in [1.29, 1.82) is 0 Å². The Bertz CT molecular complexity index is 381. The quantitative estimate of drug-likeness (QED) is 0.802. The molecule has 0 aliphatic heterocycles. The number of aliphatic hydroxyl groups excluding tert-OH is 1. The summed E-state index contributed by atoms with van der Waals surface area (Å²) in [5.74, 6) is 0.950. The highest BCUT2D eigenvalue weighted by molar-refractivity contribution is 5.33. The molecule has 2 atom stereocenters. The van der Waals surface area contributed by atoms with Crippen LogP contribution in [0.4, 0.5) is 0 Å². The third kappa shape index (κ3) is 4.22. The van der Waals surface area contributed by atoms with Gasteiger partial charge in [-0.3, -0.25) is 0 Å². The molecule has 1 aliphatic carbocycles. The minimum absolute atomic E-state index is 0.180. The standard InChI is InChI=1S/C16H25NO2/c1-19-16-10-6-5-7-13(16)11-12-17-14-8-3-2-4-9-15(14)18/h5-7,10,14-15,17-18H,2-4,8-9,11-12H2,1H3. The Balaban J connectivity index is 1.82. The molecule has 0 saturated heterocycles. The Morgan fingerprint density at radius 1 is 1.21 bits per heavy atom. The molecule has 106 valence electrons. The predicted octanol–water partition coefficient (Wildman–Crippen LogP) is 2.52. The van der Waals surface area contributed by atoms with E-state index in [1.165, 1.54) is 18.4 Å². The summed E-state index contributed by atoms with van der Waals surface area (Å²) in [7, 11) is 1.71. The van der Waals surface area contributed by atoms with E-state index in [9.17, 15) is 5.11 Å². The largest absolute Gasteiger partial charge is 0.496 e. The van der Waals surface area contributed by atoms with Crippen LogP contribution in [0.25, 0.3) is 0 Å². The molecule has 1 saturated carbocycles. The van der Waals surface area contributed by atoms with Gasteiger partial charge in [0.1, 0.15) is 5.75 Å². The second-order valence-electron chi connectivity index (χ2n) is 5.33. The Kier molecular flexibility index (Phi) is 5.67. The number of ether oxygens (including phenoxy) is 1. The van der Waals surface area contributed by atoms with Gasteiger partial charge >= 0.3 is 0 Å². The van der Waals surface area contributed by atoms with Crippen molar-refractivity contribution in [3.05, 3.63) is 29.8 Å². The van der Waals surface area contributed by atoms with E-state index in [1.54, 1.807) is 7.11 Å². The van der Waals surface area contributed by atoms with Crippen LogP contribution < -0.4 is 10.1 Å². The second kappa shape index (κ2) is 7.51. The molecule has 1 aliphatic rings. The van der Waals surface area contributed by atoms with Gasteiger partial charge in [-0.05, 0) is 37.4 Å². The van der Waals surface area contributed by atoms with Crippen molar-refractivity contribution in [1.82, 2.24) is 5.32 Å². The highest BCUT2D eigenvalue weighted by Gasteiger charge is 2.20. The Morgan fingerprint density at radius 2 is 2.00 bits per heavy atom. The number of benzene rings is 1. The molecule has 0 heterocycles. The molecule has 3 nitrogen and oxygen atoms in total. The summed E-state index contributed by atoms with van der Waals surface area (Å²) in [4.78, 5) is 0. The van der Waals surface area contributed by atoms with Crippen LogP contribution in [0.1, 0.15) is 37.7 Å². The van der Waals surface area contributed by atoms with Crippen molar-refractivity contribution in [2.24, 2.45) is 0 Å². The summed E-state index contributed by atoms with van der Waals surface area (Å²) >= 11 is 0. The molecule has 0 aromatic heterocycles. The fourth-order valence-electron chi connectivity index (χ4n) is 2.83. The zero-order valence-corrected chi connectivity index (χ0v) is 11.8. The molecule has 0 radical (unpaired) electrons. The smallest absolute Gasteiger partial charge is 0.122 e.